The lowest BCUT2D eigenvalue weighted by atomic mass is 10.1. The maximum absolute atomic E-state index is 2.28. The number of rotatable bonds is 0. The molecule has 0 unspecified atom stereocenters. The van der Waals surface area contributed by atoms with Crippen molar-refractivity contribution in [1.29, 1.82) is 0 Å². The molecule has 0 N–H and O–H groups in total. The van der Waals surface area contributed by atoms with Crippen LogP contribution in [0.25, 0.3) is 5.57 Å². The first kappa shape index (κ1) is 14.0. The summed E-state index contributed by atoms with van der Waals surface area (Å²) in [5.74, 6) is 0. The fourth-order valence-electron chi connectivity index (χ4n) is 1.46. The molecule has 1 aromatic carbocycles. The van der Waals surface area contributed by atoms with Gasteiger partial charge in [0.25, 0.3) is 0 Å². The maximum atomic E-state index is 2.28. The average molecular weight is 204 g/mol. The second kappa shape index (κ2) is 8.28. The molecule has 2 rings (SSSR count). The van der Waals surface area contributed by atoms with Crippen LogP contribution in [0, 0.1) is 0 Å². The van der Waals surface area contributed by atoms with E-state index in [9.17, 15) is 0 Å². The van der Waals surface area contributed by atoms with Crippen LogP contribution in [0.15, 0.2) is 30.3 Å². The Labute approximate surface area is 95.0 Å². The quantitative estimate of drug-likeness (QED) is 0.552. The van der Waals surface area contributed by atoms with E-state index in [1.807, 2.05) is 13.8 Å². The van der Waals surface area contributed by atoms with Crippen molar-refractivity contribution < 1.29 is 0 Å². The Morgan fingerprint density at radius 3 is 2.13 bits per heavy atom. The zero-order valence-electron chi connectivity index (χ0n) is 10.8. The fourth-order valence-corrected chi connectivity index (χ4v) is 1.46. The van der Waals surface area contributed by atoms with Gasteiger partial charge in [0.05, 0.1) is 0 Å². The zero-order chi connectivity index (χ0) is 11.7. The normalized spacial score (nSPS) is 11.4. The molecular weight excluding hydrogens is 180 g/mol. The Bertz CT molecular complexity index is 295. The minimum absolute atomic E-state index is 1.13. The molecule has 1 aliphatic rings. The highest BCUT2D eigenvalue weighted by Crippen LogP contribution is 2.25. The van der Waals surface area contributed by atoms with E-state index in [0.717, 1.165) is 6.42 Å². The number of hydrogen-bond donors (Lipinski definition) is 0. The van der Waals surface area contributed by atoms with Gasteiger partial charge in [0.2, 0.25) is 0 Å². The van der Waals surface area contributed by atoms with Gasteiger partial charge in [-0.15, -0.1) is 0 Å². The topological polar surface area (TPSA) is 0 Å². The monoisotopic (exact) mass is 204 g/mol. The molecule has 0 nitrogen and oxygen atoms in total. The van der Waals surface area contributed by atoms with E-state index in [2.05, 4.69) is 51.1 Å². The van der Waals surface area contributed by atoms with E-state index in [1.54, 1.807) is 0 Å². The Balaban J connectivity index is 0.000000342. The van der Waals surface area contributed by atoms with E-state index in [4.69, 9.17) is 0 Å². The van der Waals surface area contributed by atoms with Gasteiger partial charge in [-0.05, 0) is 30.0 Å². The summed E-state index contributed by atoms with van der Waals surface area (Å²) in [6.07, 6.45) is 4.66. The second-order valence-electron chi connectivity index (χ2n) is 3.46. The fraction of sp³-hybridized carbons (Fsp3) is 0.467. The Kier molecular flexibility index (Phi) is 7.71. The molecule has 0 atom stereocenters. The van der Waals surface area contributed by atoms with E-state index in [0.29, 0.717) is 0 Å². The summed E-state index contributed by atoms with van der Waals surface area (Å²) < 4.78 is 0. The summed E-state index contributed by atoms with van der Waals surface area (Å²) in [7, 11) is 0. The van der Waals surface area contributed by atoms with E-state index < -0.39 is 0 Å². The molecule has 84 valence electrons. The first-order valence-electron chi connectivity index (χ1n) is 6.04. The highest BCUT2D eigenvalue weighted by molar-refractivity contribution is 5.71. The summed E-state index contributed by atoms with van der Waals surface area (Å²) in [4.78, 5) is 0. The molecular formula is C15H24. The molecule has 0 fully saturated rings. The van der Waals surface area contributed by atoms with Crippen molar-refractivity contribution in [3.8, 4) is 0 Å². The van der Waals surface area contributed by atoms with Crippen LogP contribution >= 0.6 is 0 Å². The second-order valence-corrected chi connectivity index (χ2v) is 3.46. The molecule has 1 aromatic rings. The van der Waals surface area contributed by atoms with Crippen LogP contribution in [0.4, 0.5) is 0 Å². The maximum Gasteiger partial charge on any atom is -0.00855 e. The summed E-state index contributed by atoms with van der Waals surface area (Å²) in [6.45, 7) is 10.4. The van der Waals surface area contributed by atoms with Gasteiger partial charge in [-0.2, -0.15) is 0 Å². The summed E-state index contributed by atoms with van der Waals surface area (Å²) in [5, 5.41) is 0. The molecule has 15 heavy (non-hydrogen) atoms. The van der Waals surface area contributed by atoms with Crippen LogP contribution < -0.4 is 0 Å². The first-order valence-corrected chi connectivity index (χ1v) is 6.04. The van der Waals surface area contributed by atoms with Crippen molar-refractivity contribution in [3.63, 3.8) is 0 Å². The van der Waals surface area contributed by atoms with Gasteiger partial charge in [0, 0.05) is 0 Å². The van der Waals surface area contributed by atoms with Crippen molar-refractivity contribution in [2.75, 3.05) is 0 Å². The van der Waals surface area contributed by atoms with Gasteiger partial charge in [-0.1, -0.05) is 64.5 Å². The van der Waals surface area contributed by atoms with Gasteiger partial charge in [-0.3, -0.25) is 0 Å². The molecule has 0 aromatic heterocycles. The van der Waals surface area contributed by atoms with Crippen LogP contribution in [-0.4, -0.2) is 0 Å². The van der Waals surface area contributed by atoms with Gasteiger partial charge < -0.3 is 0 Å². The van der Waals surface area contributed by atoms with Crippen LogP contribution in [0.2, 0.25) is 0 Å². The molecule has 0 aliphatic heterocycles. The summed E-state index contributed by atoms with van der Waals surface area (Å²) >= 11 is 0. The van der Waals surface area contributed by atoms with Crippen molar-refractivity contribution in [2.45, 2.75) is 47.5 Å². The van der Waals surface area contributed by atoms with Crippen LogP contribution in [0.5, 0.6) is 0 Å². The minimum atomic E-state index is 1.13. The smallest absolute Gasteiger partial charge is 0.00855 e. The van der Waals surface area contributed by atoms with Crippen LogP contribution in [-0.2, 0) is 6.42 Å². The van der Waals surface area contributed by atoms with Gasteiger partial charge in [-0.25, -0.2) is 0 Å². The molecule has 0 heteroatoms. The third-order valence-electron chi connectivity index (χ3n) is 2.07. The summed E-state index contributed by atoms with van der Waals surface area (Å²) in [6, 6.07) is 8.59. The molecule has 0 heterocycles. The lowest BCUT2D eigenvalue weighted by Gasteiger charge is -1.97. The SMILES string of the molecule is CC.CC1=CCc2ccccc21.CCC. The minimum Gasteiger partial charge on any atom is -0.0766 e. The predicted octanol–water partition coefficient (Wildman–Crippen LogP) is 5.09. The average Bonchev–Trinajstić information content (AvgIpc) is 2.65. The third-order valence-corrected chi connectivity index (χ3v) is 2.07. The molecule has 0 amide bonds. The third kappa shape index (κ3) is 4.33. The Hall–Kier alpha value is -1.04. The Morgan fingerprint density at radius 1 is 1.07 bits per heavy atom. The number of benzene rings is 1. The number of allylic oxidation sites excluding steroid dienone is 2. The predicted molar refractivity (Wildman–Crippen MR) is 71.1 cm³/mol. The number of fused-ring (bicyclic) bond motifs is 1. The lowest BCUT2D eigenvalue weighted by Crippen LogP contribution is -1.79. The van der Waals surface area contributed by atoms with Crippen molar-refractivity contribution in [3.05, 3.63) is 41.5 Å². The van der Waals surface area contributed by atoms with E-state index >= 15 is 0 Å². The molecule has 0 bridgehead atoms. The lowest BCUT2D eigenvalue weighted by molar-refractivity contribution is 1.09. The Morgan fingerprint density at radius 2 is 1.60 bits per heavy atom. The molecule has 1 aliphatic carbocycles. The van der Waals surface area contributed by atoms with Crippen LogP contribution in [0.3, 0.4) is 0 Å². The highest BCUT2D eigenvalue weighted by atomic mass is 14.1. The first-order chi connectivity index (χ1) is 7.29. The number of hydrogen-bond acceptors (Lipinski definition) is 0. The molecule has 0 saturated heterocycles. The van der Waals surface area contributed by atoms with E-state index in [-0.39, 0.29) is 0 Å². The van der Waals surface area contributed by atoms with Crippen molar-refractivity contribution in [1.82, 2.24) is 0 Å². The largest absolute Gasteiger partial charge is 0.0766 e. The molecule has 0 spiro atoms. The molecule has 0 saturated carbocycles. The highest BCUT2D eigenvalue weighted by Gasteiger charge is 2.07. The van der Waals surface area contributed by atoms with Crippen molar-refractivity contribution in [2.24, 2.45) is 0 Å². The summed E-state index contributed by atoms with van der Waals surface area (Å²) in [5.41, 5.74) is 4.33. The van der Waals surface area contributed by atoms with Gasteiger partial charge in [0.15, 0.2) is 0 Å². The van der Waals surface area contributed by atoms with Gasteiger partial charge in [0.1, 0.15) is 0 Å². The van der Waals surface area contributed by atoms with E-state index in [1.165, 1.54) is 23.1 Å². The standard InChI is InChI=1S/C10H10.C3H8.C2H6/c1-8-6-7-9-4-2-3-5-10(8)9;1-3-2;1-2/h2-6H,7H2,1H3;3H2,1-2H3;1-2H3. The van der Waals surface area contributed by atoms with Gasteiger partial charge >= 0.3 is 0 Å². The molecule has 0 radical (unpaired) electrons. The van der Waals surface area contributed by atoms with Crippen molar-refractivity contribution >= 4 is 5.57 Å². The zero-order valence-corrected chi connectivity index (χ0v) is 10.8. The van der Waals surface area contributed by atoms with Crippen LogP contribution in [0.1, 0.15) is 52.2 Å².